The molecular weight excluding hydrogens is 428 g/mol. The minimum absolute atomic E-state index is 0.0560. The van der Waals surface area contributed by atoms with E-state index in [1.165, 1.54) is 19.1 Å². The maximum atomic E-state index is 12.6. The van der Waals surface area contributed by atoms with E-state index in [9.17, 15) is 13.2 Å². The van der Waals surface area contributed by atoms with E-state index in [-0.39, 0.29) is 4.90 Å². The minimum atomic E-state index is -3.86. The Morgan fingerprint density at radius 3 is 2.09 bits per heavy atom. The lowest BCUT2D eigenvalue weighted by Gasteiger charge is -2.15. The molecule has 0 saturated heterocycles. The Balaban J connectivity index is 1.54. The van der Waals surface area contributed by atoms with Crippen LogP contribution in [0.2, 0.25) is 0 Å². The third-order valence-electron chi connectivity index (χ3n) is 4.54. The van der Waals surface area contributed by atoms with E-state index >= 15 is 0 Å². The normalized spacial score (nSPS) is 12.1. The predicted octanol–water partition coefficient (Wildman–Crippen LogP) is 3.97. The maximum absolute atomic E-state index is 12.6. The first-order chi connectivity index (χ1) is 15.4. The summed E-state index contributed by atoms with van der Waals surface area (Å²) in [5, 5.41) is 2.70. The highest BCUT2D eigenvalue weighted by atomic mass is 32.2. The van der Waals surface area contributed by atoms with Gasteiger partial charge in [0, 0.05) is 5.69 Å². The van der Waals surface area contributed by atoms with E-state index in [4.69, 9.17) is 9.47 Å². The summed E-state index contributed by atoms with van der Waals surface area (Å²) in [4.78, 5) is 12.5. The van der Waals surface area contributed by atoms with Gasteiger partial charge in [0.2, 0.25) is 15.9 Å². The molecule has 0 fully saturated rings. The molecule has 0 radical (unpaired) electrons. The van der Waals surface area contributed by atoms with Crippen molar-refractivity contribution in [3.05, 3.63) is 84.4 Å². The lowest BCUT2D eigenvalue weighted by molar-refractivity contribution is -0.117. The van der Waals surface area contributed by atoms with Crippen LogP contribution in [0.3, 0.4) is 0 Å². The molecule has 0 aliphatic heterocycles. The number of hydrogen-bond acceptors (Lipinski definition) is 5. The number of carbonyl (C=O) groups is 1. The lowest BCUT2D eigenvalue weighted by atomic mass is 10.2. The molecule has 32 heavy (non-hydrogen) atoms. The van der Waals surface area contributed by atoms with Crippen LogP contribution >= 0.6 is 0 Å². The molecule has 0 aliphatic carbocycles. The molecule has 0 unspecified atom stereocenters. The topological polar surface area (TPSA) is 93.7 Å². The van der Waals surface area contributed by atoms with Crippen LogP contribution in [0.4, 0.5) is 5.69 Å². The highest BCUT2D eigenvalue weighted by Gasteiger charge is 2.22. The third-order valence-corrected chi connectivity index (χ3v) is 6.10. The molecular formula is C24H26N2O5S. The largest absolute Gasteiger partial charge is 0.494 e. The summed E-state index contributed by atoms with van der Waals surface area (Å²) in [5.74, 6) is 0.766. The van der Waals surface area contributed by atoms with Crippen LogP contribution in [0.25, 0.3) is 0 Å². The van der Waals surface area contributed by atoms with Crippen LogP contribution in [0.5, 0.6) is 11.5 Å². The molecule has 0 aromatic heterocycles. The molecule has 3 aromatic rings. The van der Waals surface area contributed by atoms with Crippen LogP contribution in [0.15, 0.2) is 83.8 Å². The molecule has 3 rings (SSSR count). The van der Waals surface area contributed by atoms with Crippen LogP contribution in [-0.4, -0.2) is 27.0 Å². The number of rotatable bonds is 10. The molecule has 3 aromatic carbocycles. The van der Waals surface area contributed by atoms with Crippen molar-refractivity contribution < 1.29 is 22.7 Å². The first kappa shape index (κ1) is 23.3. The van der Waals surface area contributed by atoms with Gasteiger partial charge in [0.25, 0.3) is 0 Å². The molecule has 8 heteroatoms. The Hall–Kier alpha value is -3.36. The fraction of sp³-hybridized carbons (Fsp3) is 0.208. The summed E-state index contributed by atoms with van der Waals surface area (Å²) in [6.45, 7) is 4.26. The van der Waals surface area contributed by atoms with Gasteiger partial charge >= 0.3 is 0 Å². The minimum Gasteiger partial charge on any atom is -0.494 e. The smallest absolute Gasteiger partial charge is 0.242 e. The average molecular weight is 455 g/mol. The van der Waals surface area contributed by atoms with Crippen molar-refractivity contribution in [2.75, 3.05) is 11.9 Å². The lowest BCUT2D eigenvalue weighted by Crippen LogP contribution is -2.41. The SMILES string of the molecule is CCOc1ccc(S(=O)(=O)N[C@@H](C)C(=O)Nc2ccc(OCc3ccccc3)cc2)cc1. The Bertz CT molecular complexity index is 1120. The Kier molecular flexibility index (Phi) is 7.86. The number of amides is 1. The number of nitrogens with one attached hydrogen (secondary N) is 2. The van der Waals surface area contributed by atoms with Crippen molar-refractivity contribution in [1.82, 2.24) is 4.72 Å². The predicted molar refractivity (Wildman–Crippen MR) is 123 cm³/mol. The number of sulfonamides is 1. The van der Waals surface area contributed by atoms with Crippen LogP contribution in [0.1, 0.15) is 19.4 Å². The van der Waals surface area contributed by atoms with Gasteiger partial charge in [0.15, 0.2) is 0 Å². The van der Waals surface area contributed by atoms with Crippen molar-refractivity contribution in [2.45, 2.75) is 31.4 Å². The van der Waals surface area contributed by atoms with Crippen LogP contribution in [0, 0.1) is 0 Å². The fourth-order valence-corrected chi connectivity index (χ4v) is 4.06. The maximum Gasteiger partial charge on any atom is 0.242 e. The van der Waals surface area contributed by atoms with Crippen molar-refractivity contribution in [2.24, 2.45) is 0 Å². The number of ether oxygens (including phenoxy) is 2. The summed E-state index contributed by atoms with van der Waals surface area (Å²) < 4.78 is 38.5. The Labute approximate surface area is 188 Å². The quantitative estimate of drug-likeness (QED) is 0.484. The summed E-state index contributed by atoms with van der Waals surface area (Å²) in [5.41, 5.74) is 1.59. The van der Waals surface area contributed by atoms with Crippen molar-refractivity contribution in [3.63, 3.8) is 0 Å². The fourth-order valence-electron chi connectivity index (χ4n) is 2.86. The Morgan fingerprint density at radius 2 is 1.47 bits per heavy atom. The van der Waals surface area contributed by atoms with Crippen LogP contribution < -0.4 is 19.5 Å². The van der Waals surface area contributed by atoms with Gasteiger partial charge in [-0.1, -0.05) is 30.3 Å². The van der Waals surface area contributed by atoms with Gasteiger partial charge in [-0.05, 0) is 67.9 Å². The van der Waals surface area contributed by atoms with Gasteiger partial charge in [-0.3, -0.25) is 4.79 Å². The van der Waals surface area contributed by atoms with Crippen molar-refractivity contribution in [3.8, 4) is 11.5 Å². The molecule has 0 aliphatic rings. The molecule has 7 nitrogen and oxygen atoms in total. The third kappa shape index (κ3) is 6.57. The van der Waals surface area contributed by atoms with E-state index in [0.717, 1.165) is 5.56 Å². The molecule has 1 atom stereocenters. The average Bonchev–Trinajstić information content (AvgIpc) is 2.79. The van der Waals surface area contributed by atoms with E-state index in [1.54, 1.807) is 36.4 Å². The first-order valence-corrected chi connectivity index (χ1v) is 11.7. The zero-order chi connectivity index (χ0) is 23.0. The van der Waals surface area contributed by atoms with Gasteiger partial charge < -0.3 is 14.8 Å². The van der Waals surface area contributed by atoms with Gasteiger partial charge in [0.1, 0.15) is 18.1 Å². The van der Waals surface area contributed by atoms with Crippen molar-refractivity contribution >= 4 is 21.6 Å². The summed E-state index contributed by atoms with van der Waals surface area (Å²) in [6.07, 6.45) is 0. The van der Waals surface area contributed by atoms with Crippen molar-refractivity contribution in [1.29, 1.82) is 0 Å². The summed E-state index contributed by atoms with van der Waals surface area (Å²) >= 11 is 0. The molecule has 0 spiro atoms. The van der Waals surface area contributed by atoms with Crippen LogP contribution in [-0.2, 0) is 21.4 Å². The first-order valence-electron chi connectivity index (χ1n) is 10.2. The van der Waals surface area contributed by atoms with Gasteiger partial charge in [-0.2, -0.15) is 4.72 Å². The highest BCUT2D eigenvalue weighted by molar-refractivity contribution is 7.89. The second kappa shape index (κ2) is 10.8. The van der Waals surface area contributed by atoms with E-state index in [1.807, 2.05) is 37.3 Å². The number of carbonyl (C=O) groups excluding carboxylic acids is 1. The molecule has 0 heterocycles. The van der Waals surface area contributed by atoms with E-state index in [2.05, 4.69) is 10.0 Å². The summed E-state index contributed by atoms with van der Waals surface area (Å²) in [6, 6.07) is 21.7. The summed E-state index contributed by atoms with van der Waals surface area (Å²) in [7, 11) is -3.86. The number of benzene rings is 3. The van der Waals surface area contributed by atoms with Gasteiger partial charge in [-0.15, -0.1) is 0 Å². The molecule has 2 N–H and O–H groups in total. The van der Waals surface area contributed by atoms with Gasteiger partial charge in [-0.25, -0.2) is 8.42 Å². The molecule has 0 bridgehead atoms. The monoisotopic (exact) mass is 454 g/mol. The van der Waals surface area contributed by atoms with Gasteiger partial charge in [0.05, 0.1) is 17.5 Å². The van der Waals surface area contributed by atoms with E-state index < -0.39 is 22.0 Å². The standard InChI is InChI=1S/C24H26N2O5S/c1-3-30-21-13-15-23(16-14-21)32(28,29)26-18(2)24(27)25-20-9-11-22(12-10-20)31-17-19-7-5-4-6-8-19/h4-16,18,26H,3,17H2,1-2H3,(H,25,27)/t18-/m0/s1. The zero-order valence-corrected chi connectivity index (χ0v) is 18.8. The second-order valence-corrected chi connectivity index (χ2v) is 8.75. The van der Waals surface area contributed by atoms with E-state index in [0.29, 0.717) is 30.4 Å². The highest BCUT2D eigenvalue weighted by Crippen LogP contribution is 2.18. The molecule has 168 valence electrons. The number of anilines is 1. The zero-order valence-electron chi connectivity index (χ0n) is 17.9. The number of hydrogen-bond donors (Lipinski definition) is 2. The molecule has 1 amide bonds. The second-order valence-electron chi connectivity index (χ2n) is 7.04. The Morgan fingerprint density at radius 1 is 0.875 bits per heavy atom. The molecule has 0 saturated carbocycles.